The molecule has 0 saturated carbocycles. The van der Waals surface area contributed by atoms with E-state index in [1.807, 2.05) is 30.3 Å². The molecule has 0 fully saturated rings. The molecule has 0 aromatic heterocycles. The maximum Gasteiger partial charge on any atom is 0.226 e. The van der Waals surface area contributed by atoms with Crippen LogP contribution in [-0.4, -0.2) is 80.0 Å². The first-order valence-corrected chi connectivity index (χ1v) is 23.3. The first kappa shape index (κ1) is 50.8. The largest absolute Gasteiger partial charge is 0.492 e. The van der Waals surface area contributed by atoms with Crippen molar-refractivity contribution in [3.05, 3.63) is 107 Å². The van der Waals surface area contributed by atoms with Gasteiger partial charge < -0.3 is 36.9 Å². The summed E-state index contributed by atoms with van der Waals surface area (Å²) in [5.74, 6) is -2.67. The van der Waals surface area contributed by atoms with E-state index in [0.29, 0.717) is 65.1 Å². The molecular weight excluding hydrogens is 833 g/mol. The lowest BCUT2D eigenvalue weighted by Gasteiger charge is -2.32. The molecule has 4 aromatic rings. The molecule has 7 N–H and O–H groups in total. The lowest BCUT2D eigenvalue weighted by molar-refractivity contribution is -0.142. The summed E-state index contributed by atoms with van der Waals surface area (Å²) in [4.78, 5) is 72.8. The number of nitrogens with one attached hydrogen (secondary N) is 1. The number of rotatable bonds is 22. The summed E-state index contributed by atoms with van der Waals surface area (Å²) < 4.78 is 12.3. The molecule has 13 nitrogen and oxygen atoms in total. The third kappa shape index (κ3) is 13.7. The molecule has 0 spiro atoms. The van der Waals surface area contributed by atoms with Gasteiger partial charge >= 0.3 is 0 Å². The van der Waals surface area contributed by atoms with Gasteiger partial charge in [-0.25, -0.2) is 0 Å². The zero-order valence-electron chi connectivity index (χ0n) is 38.7. The van der Waals surface area contributed by atoms with Crippen LogP contribution < -0.4 is 32.0 Å². The lowest BCUT2D eigenvalue weighted by Crippen LogP contribution is -2.45. The number of nitrogens with two attached hydrogens (primary N) is 3. The minimum atomic E-state index is -1.20. The normalized spacial score (nSPS) is 16.6. The van der Waals surface area contributed by atoms with Crippen LogP contribution in [0.5, 0.6) is 11.5 Å². The number of hydrogen-bond acceptors (Lipinski definition) is 11. The second-order valence-corrected chi connectivity index (χ2v) is 17.2. The Morgan fingerprint density at radius 2 is 1.53 bits per heavy atom. The summed E-state index contributed by atoms with van der Waals surface area (Å²) in [6, 6.07) is 26.3. The summed E-state index contributed by atoms with van der Waals surface area (Å²) in [6.07, 6.45) is 4.47. The Bertz CT molecular complexity index is 2340. The number of aryl methyl sites for hydroxylation is 1. The number of carbonyl (C=O) groups excluding carboxylic acids is 5. The van der Waals surface area contributed by atoms with E-state index < -0.39 is 41.5 Å². The molecule has 1 aliphatic heterocycles. The van der Waals surface area contributed by atoms with Gasteiger partial charge in [-0.1, -0.05) is 81.3 Å². The molecule has 0 radical (unpaired) electrons. The fraction of sp³-hybridized carbons (Fsp3) is 0.434. The van der Waals surface area contributed by atoms with Crippen molar-refractivity contribution in [1.29, 1.82) is 5.26 Å². The van der Waals surface area contributed by atoms with Crippen molar-refractivity contribution in [3.63, 3.8) is 0 Å². The molecule has 0 unspecified atom stereocenters. The number of hydrogen-bond donors (Lipinski definition) is 4. The molecule has 1 heterocycles. The summed E-state index contributed by atoms with van der Waals surface area (Å²) >= 11 is 0. The third-order valence-corrected chi connectivity index (χ3v) is 12.1. The number of carbonyl (C=O) groups is 5. The number of ketones is 3. The molecule has 350 valence electrons. The van der Waals surface area contributed by atoms with Gasteiger partial charge in [-0.3, -0.25) is 24.0 Å². The highest BCUT2D eigenvalue weighted by atomic mass is 16.5. The van der Waals surface area contributed by atoms with Crippen molar-refractivity contribution in [2.24, 2.45) is 29.0 Å². The number of Topliss-reactive ketones (excluding diaryl/α,β-unsaturated/α-hetero) is 3. The summed E-state index contributed by atoms with van der Waals surface area (Å²) in [5.41, 5.74) is 23.5. The molecule has 5 rings (SSSR count). The van der Waals surface area contributed by atoms with Crippen LogP contribution in [0, 0.1) is 23.2 Å². The third-order valence-electron chi connectivity index (χ3n) is 12.1. The van der Waals surface area contributed by atoms with Gasteiger partial charge in [0.1, 0.15) is 30.8 Å². The second-order valence-electron chi connectivity index (χ2n) is 17.2. The Morgan fingerprint density at radius 1 is 0.833 bits per heavy atom. The number of nitrogens with zero attached hydrogens (tertiary/aromatic N) is 2. The van der Waals surface area contributed by atoms with Crippen LogP contribution >= 0.6 is 0 Å². The zero-order chi connectivity index (χ0) is 47.6. The van der Waals surface area contributed by atoms with Crippen molar-refractivity contribution in [2.45, 2.75) is 96.6 Å². The van der Waals surface area contributed by atoms with E-state index >= 15 is 0 Å². The van der Waals surface area contributed by atoms with E-state index in [4.69, 9.17) is 26.7 Å². The Balaban J connectivity index is 1.57. The topological polar surface area (TPSA) is 221 Å². The molecule has 2 amide bonds. The zero-order valence-corrected chi connectivity index (χ0v) is 38.7. The van der Waals surface area contributed by atoms with Crippen molar-refractivity contribution in [2.75, 3.05) is 39.9 Å². The van der Waals surface area contributed by atoms with Gasteiger partial charge in [-0.05, 0) is 96.8 Å². The predicted molar refractivity (Wildman–Crippen MR) is 257 cm³/mol. The lowest BCUT2D eigenvalue weighted by atomic mass is 9.87. The van der Waals surface area contributed by atoms with Crippen molar-refractivity contribution in [3.8, 4) is 39.8 Å². The first-order valence-electron chi connectivity index (χ1n) is 23.3. The predicted octanol–water partition coefficient (Wildman–Crippen LogP) is 7.06. The standard InChI is InChI=1S/C53H66N6O7/c1-4-5-10-36-15-18-38(19-16-36)39-12-8-13-40(32-39)47(61)34-42(11-6-7-23-54)53(64)59(3)51-41-20-22-50(66-28-26-57)44(33-41)43-30-37(17-21-49(43)65-27-25-56)31-45(46(60)14-9-24-55)58-52(63)35(2)29-48(51)62/h8,12-13,15-22,30,32-33,35,42,45,51H,4-7,9-11,14,23,25-29,31,34,54,56-57H2,1-3H3,(H,58,63)/t35-,42-,45+,51+/m1/s1. The second kappa shape index (κ2) is 25.5. The molecule has 13 heteroatoms. The highest BCUT2D eigenvalue weighted by molar-refractivity contribution is 6.01. The van der Waals surface area contributed by atoms with Crippen LogP contribution in [0.3, 0.4) is 0 Å². The highest BCUT2D eigenvalue weighted by Gasteiger charge is 2.36. The van der Waals surface area contributed by atoms with Crippen LogP contribution in [0.15, 0.2) is 84.9 Å². The number of ether oxygens (including phenoxy) is 2. The molecule has 1 aliphatic rings. The van der Waals surface area contributed by atoms with Gasteiger partial charge in [0.05, 0.1) is 12.1 Å². The molecule has 4 atom stereocenters. The van der Waals surface area contributed by atoms with Crippen molar-refractivity contribution < 1.29 is 33.4 Å². The Hall–Kier alpha value is -6.20. The van der Waals surface area contributed by atoms with Gasteiger partial charge in [0.15, 0.2) is 17.3 Å². The van der Waals surface area contributed by atoms with Crippen LogP contribution in [0.2, 0.25) is 0 Å². The van der Waals surface area contributed by atoms with Gasteiger partial charge in [-0.2, -0.15) is 5.26 Å². The number of fused-ring (bicyclic) bond motifs is 5. The summed E-state index contributed by atoms with van der Waals surface area (Å²) in [7, 11) is 1.56. The quantitative estimate of drug-likeness (QED) is 0.0462. The maximum atomic E-state index is 15.0. The van der Waals surface area contributed by atoms with E-state index in [0.717, 1.165) is 30.4 Å². The number of amides is 2. The van der Waals surface area contributed by atoms with Crippen molar-refractivity contribution in [1.82, 2.24) is 10.2 Å². The average molecular weight is 899 g/mol. The molecule has 4 aromatic carbocycles. The number of unbranched alkanes of at least 4 members (excludes halogenated alkanes) is 2. The monoisotopic (exact) mass is 898 g/mol. The van der Waals surface area contributed by atoms with Crippen LogP contribution in [0.25, 0.3) is 22.3 Å². The minimum Gasteiger partial charge on any atom is -0.492 e. The SMILES string of the molecule is CCCCc1ccc(-c2cccc(C(=O)C[C@@H](CCCCN)C(=O)N(C)[C@@H]3C(=O)C[C@@H](C)C(=O)N[C@H](C(=O)CCC#N)Cc4ccc(OCCN)c(c4)-c4cc3ccc4OCCN)c2)cc1. The van der Waals surface area contributed by atoms with Gasteiger partial charge in [0, 0.05) is 74.3 Å². The Labute approximate surface area is 389 Å². The van der Waals surface area contributed by atoms with E-state index in [2.05, 4.69) is 36.5 Å². The highest BCUT2D eigenvalue weighted by Crippen LogP contribution is 2.41. The molecule has 66 heavy (non-hydrogen) atoms. The van der Waals surface area contributed by atoms with Crippen LogP contribution in [-0.2, 0) is 32.0 Å². The smallest absolute Gasteiger partial charge is 0.226 e. The van der Waals surface area contributed by atoms with Gasteiger partial charge in [0.25, 0.3) is 0 Å². The fourth-order valence-electron chi connectivity index (χ4n) is 8.43. The van der Waals surface area contributed by atoms with E-state index in [1.54, 1.807) is 50.4 Å². The summed E-state index contributed by atoms with van der Waals surface area (Å²) in [5, 5.41) is 12.1. The van der Waals surface area contributed by atoms with Crippen LogP contribution in [0.1, 0.15) is 105 Å². The van der Waals surface area contributed by atoms with Crippen LogP contribution in [0.4, 0.5) is 0 Å². The fourth-order valence-corrected chi connectivity index (χ4v) is 8.43. The molecule has 4 bridgehead atoms. The number of nitriles is 1. The van der Waals surface area contributed by atoms with Gasteiger partial charge in [-0.15, -0.1) is 0 Å². The molecular formula is C53H66N6O7. The van der Waals surface area contributed by atoms with E-state index in [-0.39, 0.29) is 70.0 Å². The average Bonchev–Trinajstić information content (AvgIpc) is 3.33. The minimum absolute atomic E-state index is 0.0220. The van der Waals surface area contributed by atoms with E-state index in [9.17, 15) is 29.2 Å². The van der Waals surface area contributed by atoms with Gasteiger partial charge in [0.2, 0.25) is 11.8 Å². The van der Waals surface area contributed by atoms with E-state index in [1.165, 1.54) is 10.5 Å². The maximum absolute atomic E-state index is 15.0. The summed E-state index contributed by atoms with van der Waals surface area (Å²) in [6.45, 7) is 5.01. The molecule has 0 aliphatic carbocycles. The van der Waals surface area contributed by atoms with Crippen molar-refractivity contribution >= 4 is 29.2 Å². The Kier molecular flexibility index (Phi) is 19.6. The Morgan fingerprint density at radius 3 is 2.20 bits per heavy atom. The number of benzene rings is 4. The number of likely N-dealkylation sites (N-methyl/N-ethyl adjacent to an activating group) is 1. The molecule has 0 saturated heterocycles. The first-order chi connectivity index (χ1) is 31.9.